The van der Waals surface area contributed by atoms with Crippen LogP contribution in [0.2, 0.25) is 5.02 Å². The molecule has 2 fully saturated rings. The highest BCUT2D eigenvalue weighted by Gasteiger charge is 2.36. The van der Waals surface area contributed by atoms with Crippen molar-refractivity contribution in [3.05, 3.63) is 33.3 Å². The number of hydrogen-bond acceptors (Lipinski definition) is 2. The van der Waals surface area contributed by atoms with Crippen LogP contribution < -0.4 is 5.73 Å². The molecule has 0 bridgehead atoms. The number of nitrogens with two attached hydrogens (primary N) is 1. The van der Waals surface area contributed by atoms with Crippen molar-refractivity contribution in [1.82, 2.24) is 4.90 Å². The lowest BCUT2D eigenvalue weighted by molar-refractivity contribution is 0.138. The lowest BCUT2D eigenvalue weighted by Crippen LogP contribution is -2.40. The number of hydrogen-bond donors (Lipinski definition) is 1. The van der Waals surface area contributed by atoms with Crippen LogP contribution in [0.3, 0.4) is 0 Å². The Morgan fingerprint density at radius 2 is 2.00 bits per heavy atom. The summed E-state index contributed by atoms with van der Waals surface area (Å²) in [5, 5.41) is 0.780. The molecule has 1 saturated carbocycles. The maximum atomic E-state index is 6.28. The van der Waals surface area contributed by atoms with E-state index >= 15 is 0 Å². The van der Waals surface area contributed by atoms with Crippen molar-refractivity contribution < 1.29 is 0 Å². The van der Waals surface area contributed by atoms with Crippen LogP contribution in [0, 0.1) is 5.92 Å². The first-order valence-corrected chi connectivity index (χ1v) is 9.28. The molecule has 1 aromatic rings. The summed E-state index contributed by atoms with van der Waals surface area (Å²) in [6, 6.07) is 7.32. The fourth-order valence-electron chi connectivity index (χ4n) is 4.23. The normalized spacial score (nSPS) is 25.6. The molecule has 2 aliphatic rings. The molecule has 1 heterocycles. The van der Waals surface area contributed by atoms with Gasteiger partial charge < -0.3 is 5.73 Å². The van der Waals surface area contributed by atoms with Crippen LogP contribution in [0.4, 0.5) is 0 Å². The van der Waals surface area contributed by atoms with Crippen molar-refractivity contribution in [2.75, 3.05) is 13.1 Å². The van der Waals surface area contributed by atoms with Gasteiger partial charge in [0.05, 0.1) is 5.02 Å². The smallest absolute Gasteiger partial charge is 0.0551 e. The molecule has 2 unspecified atom stereocenters. The average Bonchev–Trinajstić information content (AvgIpc) is 3.14. The molecule has 1 aromatic carbocycles. The molecule has 1 aliphatic carbocycles. The lowest BCUT2D eigenvalue weighted by Gasteiger charge is -2.36. The number of likely N-dealkylation sites (tertiary alicyclic amines) is 1. The summed E-state index contributed by atoms with van der Waals surface area (Å²) in [5.74, 6) is 0.882. The van der Waals surface area contributed by atoms with Gasteiger partial charge >= 0.3 is 0 Å². The number of benzene rings is 1. The zero-order chi connectivity index (χ0) is 14.8. The van der Waals surface area contributed by atoms with Gasteiger partial charge in [0.2, 0.25) is 0 Å². The highest BCUT2D eigenvalue weighted by molar-refractivity contribution is 9.10. The number of rotatable bonds is 4. The quantitative estimate of drug-likeness (QED) is 0.827. The molecule has 2 atom stereocenters. The van der Waals surface area contributed by atoms with Gasteiger partial charge in [-0.3, -0.25) is 4.90 Å². The van der Waals surface area contributed by atoms with Crippen LogP contribution in [0.25, 0.3) is 0 Å². The molecule has 116 valence electrons. The first-order chi connectivity index (χ1) is 10.2. The van der Waals surface area contributed by atoms with Crippen LogP contribution in [-0.4, -0.2) is 24.0 Å². The van der Waals surface area contributed by atoms with Crippen LogP contribution >= 0.6 is 27.5 Å². The van der Waals surface area contributed by atoms with E-state index in [4.69, 9.17) is 17.3 Å². The third-order valence-corrected chi connectivity index (χ3v) is 6.47. The van der Waals surface area contributed by atoms with Gasteiger partial charge in [-0.2, -0.15) is 0 Å². The molecule has 4 heteroatoms. The second-order valence-electron chi connectivity index (χ2n) is 6.42. The molecule has 0 spiro atoms. The Bertz CT molecular complexity index is 488. The minimum Gasteiger partial charge on any atom is -0.329 e. The Balaban J connectivity index is 1.82. The first kappa shape index (κ1) is 15.8. The van der Waals surface area contributed by atoms with Crippen molar-refractivity contribution in [3.8, 4) is 0 Å². The summed E-state index contributed by atoms with van der Waals surface area (Å²) in [7, 11) is 0. The van der Waals surface area contributed by atoms with E-state index in [0.717, 1.165) is 21.5 Å². The lowest BCUT2D eigenvalue weighted by atomic mass is 9.94. The van der Waals surface area contributed by atoms with Crippen molar-refractivity contribution in [2.24, 2.45) is 11.7 Å². The number of nitrogens with zero attached hydrogens (tertiary/aromatic N) is 1. The maximum absolute atomic E-state index is 6.28. The summed E-state index contributed by atoms with van der Waals surface area (Å²) < 4.78 is 0.956. The van der Waals surface area contributed by atoms with Gasteiger partial charge in [0.25, 0.3) is 0 Å². The third-order valence-electron chi connectivity index (χ3n) is 5.24. The SMILES string of the molecule is NCC(c1ccc(Br)c(Cl)c1)N1CCCC1C1CCCC1. The second kappa shape index (κ2) is 6.99. The van der Waals surface area contributed by atoms with E-state index < -0.39 is 0 Å². The summed E-state index contributed by atoms with van der Waals surface area (Å²) in [5.41, 5.74) is 7.40. The molecule has 21 heavy (non-hydrogen) atoms. The monoisotopic (exact) mass is 370 g/mol. The molecule has 0 radical (unpaired) electrons. The Kier molecular flexibility index (Phi) is 5.26. The van der Waals surface area contributed by atoms with Gasteiger partial charge in [0, 0.05) is 23.1 Å². The zero-order valence-corrected chi connectivity index (χ0v) is 14.7. The molecule has 0 aromatic heterocycles. The summed E-state index contributed by atoms with van der Waals surface area (Å²) in [6.45, 7) is 1.85. The van der Waals surface area contributed by atoms with Crippen LogP contribution in [0.1, 0.15) is 50.1 Å². The fourth-order valence-corrected chi connectivity index (χ4v) is 4.67. The van der Waals surface area contributed by atoms with Crippen molar-refractivity contribution in [2.45, 2.75) is 50.6 Å². The van der Waals surface area contributed by atoms with E-state index in [2.05, 4.69) is 33.0 Å². The van der Waals surface area contributed by atoms with Gasteiger partial charge in [-0.25, -0.2) is 0 Å². The Morgan fingerprint density at radius 1 is 1.24 bits per heavy atom. The molecule has 1 saturated heterocycles. The van der Waals surface area contributed by atoms with E-state index in [1.165, 1.54) is 50.6 Å². The van der Waals surface area contributed by atoms with Gasteiger partial charge in [-0.15, -0.1) is 0 Å². The molecule has 2 N–H and O–H groups in total. The van der Waals surface area contributed by atoms with Crippen molar-refractivity contribution in [3.63, 3.8) is 0 Å². The fraction of sp³-hybridized carbons (Fsp3) is 0.647. The molecular formula is C17H24BrClN2. The van der Waals surface area contributed by atoms with Crippen LogP contribution in [-0.2, 0) is 0 Å². The summed E-state index contributed by atoms with van der Waals surface area (Å²) in [6.07, 6.45) is 8.27. The minimum atomic E-state index is 0.309. The Labute approximate surface area is 141 Å². The van der Waals surface area contributed by atoms with Crippen LogP contribution in [0.15, 0.2) is 22.7 Å². The highest BCUT2D eigenvalue weighted by atomic mass is 79.9. The molecule has 2 nitrogen and oxygen atoms in total. The predicted molar refractivity (Wildman–Crippen MR) is 92.6 cm³/mol. The highest BCUT2D eigenvalue weighted by Crippen LogP contribution is 2.39. The van der Waals surface area contributed by atoms with Crippen LogP contribution in [0.5, 0.6) is 0 Å². The van der Waals surface area contributed by atoms with E-state index in [1.54, 1.807) is 0 Å². The van der Waals surface area contributed by atoms with E-state index in [9.17, 15) is 0 Å². The predicted octanol–water partition coefficient (Wildman–Crippen LogP) is 4.76. The third kappa shape index (κ3) is 3.31. The average molecular weight is 372 g/mol. The van der Waals surface area contributed by atoms with Gasteiger partial charge in [0.15, 0.2) is 0 Å². The first-order valence-electron chi connectivity index (χ1n) is 8.11. The Hall–Kier alpha value is -0.0900. The maximum Gasteiger partial charge on any atom is 0.0551 e. The Morgan fingerprint density at radius 3 is 2.67 bits per heavy atom. The van der Waals surface area contributed by atoms with E-state index in [-0.39, 0.29) is 0 Å². The van der Waals surface area contributed by atoms with Gasteiger partial charge in [-0.05, 0) is 71.8 Å². The van der Waals surface area contributed by atoms with Crippen molar-refractivity contribution >= 4 is 27.5 Å². The second-order valence-corrected chi connectivity index (χ2v) is 7.68. The van der Waals surface area contributed by atoms with Gasteiger partial charge in [-0.1, -0.05) is 30.5 Å². The van der Waals surface area contributed by atoms with E-state index in [1.807, 2.05) is 6.07 Å². The summed E-state index contributed by atoms with van der Waals surface area (Å²) >= 11 is 9.75. The number of halogens is 2. The van der Waals surface area contributed by atoms with Crippen molar-refractivity contribution in [1.29, 1.82) is 0 Å². The molecule has 0 amide bonds. The minimum absolute atomic E-state index is 0.309. The zero-order valence-electron chi connectivity index (χ0n) is 12.4. The molecule has 3 rings (SSSR count). The molecular weight excluding hydrogens is 348 g/mol. The summed E-state index contributed by atoms with van der Waals surface area (Å²) in [4.78, 5) is 2.66. The topological polar surface area (TPSA) is 29.3 Å². The van der Waals surface area contributed by atoms with E-state index in [0.29, 0.717) is 12.6 Å². The standard InChI is InChI=1S/C17H24BrClN2/c18-14-8-7-13(10-15(14)19)17(11-20)21-9-3-6-16(21)12-4-1-2-5-12/h7-8,10,12,16-17H,1-6,9,11,20H2. The largest absolute Gasteiger partial charge is 0.329 e. The van der Waals surface area contributed by atoms with Gasteiger partial charge in [0.1, 0.15) is 0 Å². The molecule has 1 aliphatic heterocycles.